The van der Waals surface area contributed by atoms with E-state index < -0.39 is 6.10 Å². The number of hydrogen-bond acceptors (Lipinski definition) is 4. The molecule has 1 aromatic rings. The van der Waals surface area contributed by atoms with Gasteiger partial charge in [0.25, 0.3) is 0 Å². The van der Waals surface area contributed by atoms with Crippen molar-refractivity contribution in [2.24, 2.45) is 0 Å². The van der Waals surface area contributed by atoms with Crippen molar-refractivity contribution < 1.29 is 9.53 Å². The SMILES string of the molecule is N#CC1CN(CC(=O)c2cc(Cl)ccc2Cl)CCO1. The smallest absolute Gasteiger partial charge is 0.178 e. The summed E-state index contributed by atoms with van der Waals surface area (Å²) in [6, 6.07) is 6.85. The molecule has 0 aliphatic carbocycles. The Kier molecular flexibility index (Phi) is 4.78. The summed E-state index contributed by atoms with van der Waals surface area (Å²) >= 11 is 11.9. The highest BCUT2D eigenvalue weighted by atomic mass is 35.5. The van der Waals surface area contributed by atoms with Crippen molar-refractivity contribution in [2.45, 2.75) is 6.10 Å². The van der Waals surface area contributed by atoms with Crippen LogP contribution in [0.25, 0.3) is 0 Å². The van der Waals surface area contributed by atoms with Crippen LogP contribution >= 0.6 is 23.2 Å². The first-order valence-electron chi connectivity index (χ1n) is 5.82. The Morgan fingerprint density at radius 1 is 1.53 bits per heavy atom. The Hall–Kier alpha value is -1.12. The molecule has 0 radical (unpaired) electrons. The zero-order chi connectivity index (χ0) is 13.8. The summed E-state index contributed by atoms with van der Waals surface area (Å²) < 4.78 is 5.23. The zero-order valence-electron chi connectivity index (χ0n) is 10.1. The van der Waals surface area contributed by atoms with Gasteiger partial charge in [-0.15, -0.1) is 0 Å². The Morgan fingerprint density at radius 3 is 3.05 bits per heavy atom. The Balaban J connectivity index is 2.05. The van der Waals surface area contributed by atoms with Crippen molar-refractivity contribution in [3.8, 4) is 6.07 Å². The molecule has 1 unspecified atom stereocenters. The second-order valence-corrected chi connectivity index (χ2v) is 5.11. The Bertz CT molecular complexity index is 528. The fraction of sp³-hybridized carbons (Fsp3) is 0.385. The summed E-state index contributed by atoms with van der Waals surface area (Å²) in [7, 11) is 0. The Labute approximate surface area is 121 Å². The van der Waals surface area contributed by atoms with Gasteiger partial charge in [0.2, 0.25) is 0 Å². The second-order valence-electron chi connectivity index (χ2n) is 4.27. The number of nitrogens with zero attached hydrogens (tertiary/aromatic N) is 2. The molecular formula is C13H12Cl2N2O2. The summed E-state index contributed by atoms with van der Waals surface area (Å²) in [6.07, 6.45) is -0.476. The first kappa shape index (κ1) is 14.3. The van der Waals surface area contributed by atoms with E-state index in [4.69, 9.17) is 33.2 Å². The van der Waals surface area contributed by atoms with Gasteiger partial charge in [-0.25, -0.2) is 0 Å². The highest BCUT2D eigenvalue weighted by molar-refractivity contribution is 6.36. The summed E-state index contributed by atoms with van der Waals surface area (Å²) in [5.41, 5.74) is 0.411. The largest absolute Gasteiger partial charge is 0.361 e. The molecular weight excluding hydrogens is 287 g/mol. The van der Waals surface area contributed by atoms with E-state index >= 15 is 0 Å². The molecule has 0 spiro atoms. The third kappa shape index (κ3) is 3.68. The van der Waals surface area contributed by atoms with Crippen molar-refractivity contribution in [3.63, 3.8) is 0 Å². The van der Waals surface area contributed by atoms with E-state index in [0.29, 0.717) is 35.3 Å². The van der Waals surface area contributed by atoms with Crippen molar-refractivity contribution in [1.29, 1.82) is 5.26 Å². The van der Waals surface area contributed by atoms with Crippen LogP contribution in [0.2, 0.25) is 10.0 Å². The minimum atomic E-state index is -0.476. The fourth-order valence-corrected chi connectivity index (χ4v) is 2.32. The standard InChI is InChI=1S/C13H12Cl2N2O2/c14-9-1-2-12(15)11(5-9)13(18)8-17-3-4-19-10(6-16)7-17/h1-2,5,10H,3-4,7-8H2. The number of nitriles is 1. The van der Waals surface area contributed by atoms with Crippen LogP contribution in [0, 0.1) is 11.3 Å². The summed E-state index contributed by atoms with van der Waals surface area (Å²) in [5.74, 6) is -0.105. The molecule has 0 saturated carbocycles. The lowest BCUT2D eigenvalue weighted by Gasteiger charge is -2.29. The van der Waals surface area contributed by atoms with Gasteiger partial charge in [-0.05, 0) is 18.2 Å². The molecule has 0 N–H and O–H groups in total. The second kappa shape index (κ2) is 6.36. The van der Waals surface area contributed by atoms with E-state index in [1.807, 2.05) is 11.0 Å². The van der Waals surface area contributed by atoms with Crippen LogP contribution < -0.4 is 0 Å². The number of ether oxygens (including phenoxy) is 1. The van der Waals surface area contributed by atoms with Crippen molar-refractivity contribution in [3.05, 3.63) is 33.8 Å². The minimum absolute atomic E-state index is 0.105. The molecule has 1 atom stereocenters. The first-order valence-corrected chi connectivity index (χ1v) is 6.57. The van der Waals surface area contributed by atoms with Crippen molar-refractivity contribution >= 4 is 29.0 Å². The van der Waals surface area contributed by atoms with Crippen LogP contribution in [0.5, 0.6) is 0 Å². The van der Waals surface area contributed by atoms with E-state index in [-0.39, 0.29) is 12.3 Å². The lowest BCUT2D eigenvalue weighted by Crippen LogP contribution is -2.44. The maximum Gasteiger partial charge on any atom is 0.178 e. The molecule has 1 saturated heterocycles. The molecule has 100 valence electrons. The van der Waals surface area contributed by atoms with Gasteiger partial charge in [0.05, 0.1) is 24.2 Å². The van der Waals surface area contributed by atoms with Crippen molar-refractivity contribution in [1.82, 2.24) is 4.90 Å². The Morgan fingerprint density at radius 2 is 2.32 bits per heavy atom. The van der Waals surface area contributed by atoms with Gasteiger partial charge in [-0.3, -0.25) is 9.69 Å². The zero-order valence-corrected chi connectivity index (χ0v) is 11.6. The van der Waals surface area contributed by atoms with Gasteiger partial charge in [-0.2, -0.15) is 5.26 Å². The van der Waals surface area contributed by atoms with Gasteiger partial charge in [0.1, 0.15) is 0 Å². The lowest BCUT2D eigenvalue weighted by molar-refractivity contribution is 0.00241. The molecule has 0 amide bonds. The number of carbonyl (C=O) groups is 1. The maximum atomic E-state index is 12.2. The molecule has 1 fully saturated rings. The highest BCUT2D eigenvalue weighted by Gasteiger charge is 2.23. The number of hydrogen-bond donors (Lipinski definition) is 0. The molecule has 1 aliphatic rings. The molecule has 0 aromatic heterocycles. The maximum absolute atomic E-state index is 12.2. The summed E-state index contributed by atoms with van der Waals surface area (Å²) in [5, 5.41) is 9.68. The number of benzene rings is 1. The van der Waals surface area contributed by atoms with Crippen LogP contribution in [0.4, 0.5) is 0 Å². The summed E-state index contributed by atoms with van der Waals surface area (Å²) in [6.45, 7) is 1.72. The summed E-state index contributed by atoms with van der Waals surface area (Å²) in [4.78, 5) is 14.1. The number of morpholine rings is 1. The van der Waals surface area contributed by atoms with E-state index in [1.165, 1.54) is 0 Å². The van der Waals surface area contributed by atoms with Crippen LogP contribution in [0.1, 0.15) is 10.4 Å². The monoisotopic (exact) mass is 298 g/mol. The first-order chi connectivity index (χ1) is 9.10. The molecule has 4 nitrogen and oxygen atoms in total. The van der Waals surface area contributed by atoms with Crippen LogP contribution in [0.15, 0.2) is 18.2 Å². The highest BCUT2D eigenvalue weighted by Crippen LogP contribution is 2.21. The molecule has 1 heterocycles. The third-order valence-electron chi connectivity index (χ3n) is 2.89. The van der Waals surface area contributed by atoms with Crippen LogP contribution in [0.3, 0.4) is 0 Å². The molecule has 2 rings (SSSR count). The quantitative estimate of drug-likeness (QED) is 0.804. The molecule has 19 heavy (non-hydrogen) atoms. The van der Waals surface area contributed by atoms with E-state index in [1.54, 1.807) is 18.2 Å². The van der Waals surface area contributed by atoms with E-state index in [9.17, 15) is 4.79 Å². The predicted molar refractivity (Wildman–Crippen MR) is 72.6 cm³/mol. The normalized spacial score (nSPS) is 19.9. The fourth-order valence-electron chi connectivity index (χ4n) is 1.92. The minimum Gasteiger partial charge on any atom is -0.361 e. The average Bonchev–Trinajstić information content (AvgIpc) is 2.41. The molecule has 1 aromatic carbocycles. The van der Waals surface area contributed by atoms with Crippen LogP contribution in [-0.2, 0) is 4.74 Å². The number of Topliss-reactive ketones (excluding diaryl/α,β-unsaturated/α-hetero) is 1. The lowest BCUT2D eigenvalue weighted by atomic mass is 10.1. The third-order valence-corrected chi connectivity index (χ3v) is 3.46. The van der Waals surface area contributed by atoms with Gasteiger partial charge in [-0.1, -0.05) is 23.2 Å². The van der Waals surface area contributed by atoms with Gasteiger partial charge >= 0.3 is 0 Å². The molecule has 0 bridgehead atoms. The number of halogens is 2. The molecule has 6 heteroatoms. The van der Waals surface area contributed by atoms with Crippen LogP contribution in [-0.4, -0.2) is 43.0 Å². The predicted octanol–water partition coefficient (Wildman–Crippen LogP) is 2.40. The van der Waals surface area contributed by atoms with E-state index in [2.05, 4.69) is 0 Å². The van der Waals surface area contributed by atoms with Gasteiger partial charge < -0.3 is 4.74 Å². The number of ketones is 1. The number of carbonyl (C=O) groups excluding carboxylic acids is 1. The molecule has 1 aliphatic heterocycles. The number of rotatable bonds is 3. The average molecular weight is 299 g/mol. The van der Waals surface area contributed by atoms with Gasteiger partial charge in [0.15, 0.2) is 11.9 Å². The van der Waals surface area contributed by atoms with E-state index in [0.717, 1.165) is 0 Å². The van der Waals surface area contributed by atoms with Gasteiger partial charge in [0, 0.05) is 23.7 Å². The van der Waals surface area contributed by atoms with Crippen molar-refractivity contribution in [2.75, 3.05) is 26.2 Å². The topological polar surface area (TPSA) is 53.3 Å².